The molecule has 1 aliphatic heterocycles. The van der Waals surface area contributed by atoms with E-state index in [0.717, 1.165) is 38.0 Å². The lowest BCUT2D eigenvalue weighted by Gasteiger charge is -2.23. The van der Waals surface area contributed by atoms with Gasteiger partial charge in [0.05, 0.1) is 30.0 Å². The van der Waals surface area contributed by atoms with Crippen LogP contribution in [0.15, 0.2) is 18.3 Å². The van der Waals surface area contributed by atoms with E-state index in [1.54, 1.807) is 12.3 Å². The number of benzene rings is 1. The number of nitrogens with one attached hydrogen (secondary N) is 1. The molecule has 8 nitrogen and oxygen atoms in total. The largest absolute Gasteiger partial charge is 0.495 e. The number of pyridine rings is 1. The van der Waals surface area contributed by atoms with Crippen LogP contribution in [-0.4, -0.2) is 48.9 Å². The van der Waals surface area contributed by atoms with E-state index in [-0.39, 0.29) is 5.95 Å². The average Bonchev–Trinajstić information content (AvgIpc) is 2.78. The quantitative estimate of drug-likeness (QED) is 0.552. The van der Waals surface area contributed by atoms with Crippen molar-refractivity contribution in [3.63, 3.8) is 0 Å². The highest BCUT2D eigenvalue weighted by atomic mass is 35.5. The molecule has 10 heteroatoms. The van der Waals surface area contributed by atoms with Gasteiger partial charge in [0.2, 0.25) is 5.95 Å². The summed E-state index contributed by atoms with van der Waals surface area (Å²) in [7, 11) is 3.06. The molecule has 31 heavy (non-hydrogen) atoms. The molecule has 1 fully saturated rings. The Morgan fingerprint density at radius 3 is 2.42 bits per heavy atom. The van der Waals surface area contributed by atoms with Crippen molar-refractivity contribution in [2.45, 2.75) is 12.8 Å². The van der Waals surface area contributed by atoms with Crippen LogP contribution in [0.25, 0.3) is 22.2 Å². The molecule has 0 atom stereocenters. The molecule has 1 saturated heterocycles. The van der Waals surface area contributed by atoms with E-state index in [0.29, 0.717) is 50.1 Å². The van der Waals surface area contributed by atoms with E-state index in [9.17, 15) is 0 Å². The molecule has 2 aromatic heterocycles. The minimum atomic E-state index is 0.176. The molecule has 0 aliphatic carbocycles. The van der Waals surface area contributed by atoms with Crippen molar-refractivity contribution in [3.05, 3.63) is 28.4 Å². The number of methoxy groups -OCH3 is 2. The Labute approximate surface area is 190 Å². The number of anilines is 2. The van der Waals surface area contributed by atoms with Crippen LogP contribution < -0.4 is 20.5 Å². The van der Waals surface area contributed by atoms with Gasteiger partial charge in [0.1, 0.15) is 17.0 Å². The van der Waals surface area contributed by atoms with Crippen molar-refractivity contribution in [2.24, 2.45) is 5.92 Å². The first-order valence-corrected chi connectivity index (χ1v) is 10.6. The van der Waals surface area contributed by atoms with Gasteiger partial charge >= 0.3 is 0 Å². The second-order valence-corrected chi connectivity index (χ2v) is 8.00. The Bertz CT molecular complexity index is 1080. The van der Waals surface area contributed by atoms with Crippen molar-refractivity contribution in [2.75, 3.05) is 45.0 Å². The Hall–Kier alpha value is -2.55. The fourth-order valence-electron chi connectivity index (χ4n) is 3.61. The zero-order chi connectivity index (χ0) is 22.0. The third-order valence-electron chi connectivity index (χ3n) is 5.31. The molecule has 3 aromatic rings. The van der Waals surface area contributed by atoms with Crippen LogP contribution in [0.1, 0.15) is 12.8 Å². The predicted octanol–water partition coefficient (Wildman–Crippen LogP) is 4.44. The van der Waals surface area contributed by atoms with E-state index >= 15 is 0 Å². The number of aromatic nitrogens is 3. The lowest BCUT2D eigenvalue weighted by Crippen LogP contribution is -2.23. The zero-order valence-corrected chi connectivity index (χ0v) is 18.8. The fraction of sp³-hybridized carbons (Fsp3) is 0.381. The summed E-state index contributed by atoms with van der Waals surface area (Å²) in [5.74, 6) is 2.12. The summed E-state index contributed by atoms with van der Waals surface area (Å²) in [6, 6.07) is 3.46. The number of halogens is 2. The summed E-state index contributed by atoms with van der Waals surface area (Å²) < 4.78 is 16.2. The summed E-state index contributed by atoms with van der Waals surface area (Å²) in [5, 5.41) is 4.86. The molecular formula is C21H23Cl2N5O3. The Balaban J connectivity index is 1.83. The highest BCUT2D eigenvalue weighted by Crippen LogP contribution is 2.46. The number of hydrogen-bond acceptors (Lipinski definition) is 8. The molecule has 1 aromatic carbocycles. The van der Waals surface area contributed by atoms with Gasteiger partial charge in [-0.05, 0) is 24.8 Å². The van der Waals surface area contributed by atoms with Crippen molar-refractivity contribution in [1.82, 2.24) is 15.0 Å². The molecule has 0 saturated carbocycles. The third-order valence-corrected chi connectivity index (χ3v) is 6.06. The normalized spacial score (nSPS) is 14.6. The SMILES string of the molecule is COc1cc(OC)c(Cl)c(-c2cc3cnc(N)nc3c(NCC3CCOCC3)n2)c1Cl. The van der Waals surface area contributed by atoms with Crippen LogP contribution in [0.2, 0.25) is 10.0 Å². The standard InChI is InChI=1S/C21H23Cl2N5O3/c1-29-14-8-15(30-2)18(23)16(17(14)22)13-7-12-10-26-21(24)28-19(12)20(27-13)25-9-11-3-5-31-6-4-11/h7-8,10-11H,3-6,9H2,1-2H3,(H,25,27)(H2,24,26,28). The second-order valence-electron chi connectivity index (χ2n) is 7.24. The Morgan fingerprint density at radius 1 is 1.10 bits per heavy atom. The van der Waals surface area contributed by atoms with Gasteiger partial charge in [0.25, 0.3) is 0 Å². The van der Waals surface area contributed by atoms with Crippen LogP contribution in [0.3, 0.4) is 0 Å². The van der Waals surface area contributed by atoms with Gasteiger partial charge in [0.15, 0.2) is 5.82 Å². The minimum Gasteiger partial charge on any atom is -0.495 e. The maximum atomic E-state index is 6.61. The summed E-state index contributed by atoms with van der Waals surface area (Å²) in [6.07, 6.45) is 3.64. The second kappa shape index (κ2) is 9.30. The van der Waals surface area contributed by atoms with Crippen molar-refractivity contribution < 1.29 is 14.2 Å². The van der Waals surface area contributed by atoms with Crippen molar-refractivity contribution in [3.8, 4) is 22.8 Å². The topological polar surface area (TPSA) is 104 Å². The summed E-state index contributed by atoms with van der Waals surface area (Å²) in [6.45, 7) is 2.27. The molecule has 0 spiro atoms. The van der Waals surface area contributed by atoms with E-state index in [4.69, 9.17) is 48.1 Å². The van der Waals surface area contributed by atoms with Gasteiger partial charge in [-0.3, -0.25) is 0 Å². The molecule has 0 unspecified atom stereocenters. The number of nitrogens with zero attached hydrogens (tertiary/aromatic N) is 3. The van der Waals surface area contributed by atoms with E-state index in [1.165, 1.54) is 14.2 Å². The number of rotatable bonds is 6. The zero-order valence-electron chi connectivity index (χ0n) is 17.2. The lowest BCUT2D eigenvalue weighted by atomic mass is 10.0. The van der Waals surface area contributed by atoms with Crippen LogP contribution in [0.5, 0.6) is 11.5 Å². The lowest BCUT2D eigenvalue weighted by molar-refractivity contribution is 0.0699. The number of hydrogen-bond donors (Lipinski definition) is 2. The van der Waals surface area contributed by atoms with Crippen LogP contribution in [0, 0.1) is 5.92 Å². The highest BCUT2D eigenvalue weighted by molar-refractivity contribution is 6.41. The molecule has 1 aliphatic rings. The summed E-state index contributed by atoms with van der Waals surface area (Å²) >= 11 is 13.2. The monoisotopic (exact) mass is 463 g/mol. The van der Waals surface area contributed by atoms with Crippen molar-refractivity contribution >= 4 is 45.9 Å². The predicted molar refractivity (Wildman–Crippen MR) is 122 cm³/mol. The molecule has 0 amide bonds. The van der Waals surface area contributed by atoms with Crippen LogP contribution in [0.4, 0.5) is 11.8 Å². The molecular weight excluding hydrogens is 441 g/mol. The van der Waals surface area contributed by atoms with Gasteiger partial charge < -0.3 is 25.3 Å². The average molecular weight is 464 g/mol. The Kier molecular flexibility index (Phi) is 6.50. The van der Waals surface area contributed by atoms with E-state index in [1.807, 2.05) is 6.07 Å². The first-order valence-electron chi connectivity index (χ1n) is 9.87. The van der Waals surface area contributed by atoms with Gasteiger partial charge in [0, 0.05) is 43.0 Å². The fourth-order valence-corrected chi connectivity index (χ4v) is 4.30. The third kappa shape index (κ3) is 4.42. The first-order chi connectivity index (χ1) is 15.0. The maximum absolute atomic E-state index is 6.61. The molecule has 3 heterocycles. The number of nitrogens with two attached hydrogens (primary N) is 1. The number of nitrogen functional groups attached to an aromatic ring is 1. The number of ether oxygens (including phenoxy) is 3. The molecule has 3 N–H and O–H groups in total. The van der Waals surface area contributed by atoms with Gasteiger partial charge in [-0.25, -0.2) is 15.0 Å². The number of fused-ring (bicyclic) bond motifs is 1. The van der Waals surface area contributed by atoms with Crippen molar-refractivity contribution in [1.29, 1.82) is 0 Å². The minimum absolute atomic E-state index is 0.176. The van der Waals surface area contributed by atoms with Crippen LogP contribution in [-0.2, 0) is 4.74 Å². The van der Waals surface area contributed by atoms with E-state index < -0.39 is 0 Å². The molecule has 0 bridgehead atoms. The summed E-state index contributed by atoms with van der Waals surface area (Å²) in [5.41, 5.74) is 7.52. The summed E-state index contributed by atoms with van der Waals surface area (Å²) in [4.78, 5) is 13.3. The van der Waals surface area contributed by atoms with Gasteiger partial charge in [-0.15, -0.1) is 0 Å². The molecule has 0 radical (unpaired) electrons. The molecule has 4 rings (SSSR count). The molecule has 164 valence electrons. The van der Waals surface area contributed by atoms with Gasteiger partial charge in [-0.2, -0.15) is 0 Å². The first kappa shape index (κ1) is 21.7. The smallest absolute Gasteiger partial charge is 0.220 e. The highest BCUT2D eigenvalue weighted by Gasteiger charge is 2.22. The Morgan fingerprint density at radius 2 is 1.77 bits per heavy atom. The van der Waals surface area contributed by atoms with Gasteiger partial charge in [-0.1, -0.05) is 23.2 Å². The maximum Gasteiger partial charge on any atom is 0.220 e. The van der Waals surface area contributed by atoms with E-state index in [2.05, 4.69) is 15.3 Å². The van der Waals surface area contributed by atoms with Crippen LogP contribution >= 0.6 is 23.2 Å².